The smallest absolute Gasteiger partial charge is 0.159 e. The summed E-state index contributed by atoms with van der Waals surface area (Å²) in [5.74, 6) is 1.51. The monoisotopic (exact) mass is 340 g/mol. The summed E-state index contributed by atoms with van der Waals surface area (Å²) in [6.07, 6.45) is 3.46. The first-order valence-corrected chi connectivity index (χ1v) is 7.36. The fourth-order valence-corrected chi connectivity index (χ4v) is 2.43. The molecule has 0 atom stereocenters. The Bertz CT molecular complexity index is 717. The third-order valence-corrected chi connectivity index (χ3v) is 3.61. The molecule has 0 spiro atoms. The van der Waals surface area contributed by atoms with Crippen molar-refractivity contribution in [3.05, 3.63) is 77.0 Å². The van der Waals surface area contributed by atoms with Gasteiger partial charge in [-0.1, -0.05) is 30.3 Å². The Morgan fingerprint density at radius 1 is 0.905 bits per heavy atom. The lowest BCUT2D eigenvalue weighted by Crippen LogP contribution is -1.96. The zero-order valence-corrected chi connectivity index (χ0v) is 12.8. The first-order chi connectivity index (χ1) is 10.3. The minimum Gasteiger partial charge on any atom is -0.488 e. The van der Waals surface area contributed by atoms with Crippen LogP contribution in [0, 0.1) is 0 Å². The Balaban J connectivity index is 1.76. The van der Waals surface area contributed by atoms with Gasteiger partial charge in [-0.2, -0.15) is 0 Å². The summed E-state index contributed by atoms with van der Waals surface area (Å²) in [7, 11) is 0. The Morgan fingerprint density at radius 3 is 2.38 bits per heavy atom. The minimum absolute atomic E-state index is 0.542. The van der Waals surface area contributed by atoms with Crippen molar-refractivity contribution >= 4 is 15.9 Å². The molecule has 0 radical (unpaired) electrons. The lowest BCUT2D eigenvalue weighted by molar-refractivity contribution is 0.304. The summed E-state index contributed by atoms with van der Waals surface area (Å²) in [6, 6.07) is 17.7. The van der Waals surface area contributed by atoms with Crippen LogP contribution in [0.3, 0.4) is 0 Å². The van der Waals surface area contributed by atoms with E-state index in [0.717, 1.165) is 21.3 Å². The van der Waals surface area contributed by atoms with E-state index >= 15 is 0 Å². The van der Waals surface area contributed by atoms with E-state index in [2.05, 4.69) is 25.9 Å². The van der Waals surface area contributed by atoms with Gasteiger partial charge < -0.3 is 4.74 Å². The molecule has 3 rings (SSSR count). The van der Waals surface area contributed by atoms with Gasteiger partial charge in [0.1, 0.15) is 12.4 Å². The molecule has 1 heterocycles. The molecule has 0 aliphatic carbocycles. The number of benzene rings is 2. The second-order valence-electron chi connectivity index (χ2n) is 4.49. The first kappa shape index (κ1) is 13.8. The van der Waals surface area contributed by atoms with Crippen LogP contribution in [-0.2, 0) is 6.61 Å². The van der Waals surface area contributed by atoms with Crippen LogP contribution in [0.25, 0.3) is 11.4 Å². The van der Waals surface area contributed by atoms with E-state index < -0.39 is 0 Å². The molecule has 0 bridgehead atoms. The van der Waals surface area contributed by atoms with Crippen molar-refractivity contribution in [2.24, 2.45) is 0 Å². The van der Waals surface area contributed by atoms with Crippen molar-refractivity contribution in [3.63, 3.8) is 0 Å². The van der Waals surface area contributed by atoms with E-state index in [1.165, 1.54) is 0 Å². The average Bonchev–Trinajstić information content (AvgIpc) is 2.55. The van der Waals surface area contributed by atoms with E-state index in [-0.39, 0.29) is 0 Å². The molecule has 1 aromatic heterocycles. The van der Waals surface area contributed by atoms with Crippen molar-refractivity contribution in [1.29, 1.82) is 0 Å². The second-order valence-corrected chi connectivity index (χ2v) is 5.35. The van der Waals surface area contributed by atoms with Gasteiger partial charge in [-0.05, 0) is 45.8 Å². The Kier molecular flexibility index (Phi) is 4.26. The standard InChI is InChI=1S/C17H13BrN2O/c18-15-11-14(17-19-9-4-10-20-17)7-8-16(15)21-12-13-5-2-1-3-6-13/h1-11H,12H2. The highest BCUT2D eigenvalue weighted by molar-refractivity contribution is 9.10. The molecule has 4 heteroatoms. The third kappa shape index (κ3) is 3.47. The number of hydrogen-bond acceptors (Lipinski definition) is 3. The molecule has 21 heavy (non-hydrogen) atoms. The molecule has 3 aromatic rings. The van der Waals surface area contributed by atoms with Crippen LogP contribution >= 0.6 is 15.9 Å². The summed E-state index contributed by atoms with van der Waals surface area (Å²) in [5, 5.41) is 0. The molecule has 0 aliphatic rings. The van der Waals surface area contributed by atoms with Gasteiger partial charge in [0.15, 0.2) is 5.82 Å². The SMILES string of the molecule is Brc1cc(-c2ncccn2)ccc1OCc1ccccc1. The van der Waals surface area contributed by atoms with Gasteiger partial charge in [-0.3, -0.25) is 0 Å². The maximum Gasteiger partial charge on any atom is 0.159 e. The summed E-state index contributed by atoms with van der Waals surface area (Å²) in [6.45, 7) is 0.542. The van der Waals surface area contributed by atoms with E-state index in [4.69, 9.17) is 4.74 Å². The third-order valence-electron chi connectivity index (χ3n) is 2.99. The second kappa shape index (κ2) is 6.50. The van der Waals surface area contributed by atoms with Gasteiger partial charge in [0.05, 0.1) is 4.47 Å². The molecule has 2 aromatic carbocycles. The van der Waals surface area contributed by atoms with Gasteiger partial charge in [0, 0.05) is 18.0 Å². The quantitative estimate of drug-likeness (QED) is 0.702. The summed E-state index contributed by atoms with van der Waals surface area (Å²) in [5.41, 5.74) is 2.09. The Morgan fingerprint density at radius 2 is 1.67 bits per heavy atom. The van der Waals surface area contributed by atoms with Crippen LogP contribution in [0.2, 0.25) is 0 Å². The van der Waals surface area contributed by atoms with Gasteiger partial charge in [-0.25, -0.2) is 9.97 Å². The van der Waals surface area contributed by atoms with Gasteiger partial charge in [0.2, 0.25) is 0 Å². The highest BCUT2D eigenvalue weighted by atomic mass is 79.9. The van der Waals surface area contributed by atoms with Crippen LogP contribution in [0.15, 0.2) is 71.5 Å². The van der Waals surface area contributed by atoms with Crippen molar-refractivity contribution in [2.75, 3.05) is 0 Å². The van der Waals surface area contributed by atoms with E-state index in [9.17, 15) is 0 Å². The predicted molar refractivity (Wildman–Crippen MR) is 85.9 cm³/mol. The maximum atomic E-state index is 5.83. The molecular formula is C17H13BrN2O. The molecule has 0 saturated carbocycles. The summed E-state index contributed by atoms with van der Waals surface area (Å²) < 4.78 is 6.72. The number of hydrogen-bond donors (Lipinski definition) is 0. The van der Waals surface area contributed by atoms with Crippen LogP contribution in [0.5, 0.6) is 5.75 Å². The maximum absolute atomic E-state index is 5.83. The summed E-state index contributed by atoms with van der Waals surface area (Å²) in [4.78, 5) is 8.48. The topological polar surface area (TPSA) is 35.0 Å². The van der Waals surface area contributed by atoms with Crippen molar-refractivity contribution < 1.29 is 4.74 Å². The number of aromatic nitrogens is 2. The van der Waals surface area contributed by atoms with Gasteiger partial charge in [-0.15, -0.1) is 0 Å². The Hall–Kier alpha value is -2.20. The largest absolute Gasteiger partial charge is 0.488 e. The molecule has 3 nitrogen and oxygen atoms in total. The van der Waals surface area contributed by atoms with Crippen LogP contribution in [-0.4, -0.2) is 9.97 Å². The van der Waals surface area contributed by atoms with E-state index in [1.54, 1.807) is 18.5 Å². The fourth-order valence-electron chi connectivity index (χ4n) is 1.94. The van der Waals surface area contributed by atoms with Crippen molar-refractivity contribution in [1.82, 2.24) is 9.97 Å². The predicted octanol–water partition coefficient (Wildman–Crippen LogP) is 4.49. The van der Waals surface area contributed by atoms with Gasteiger partial charge in [0.25, 0.3) is 0 Å². The molecular weight excluding hydrogens is 328 g/mol. The zero-order chi connectivity index (χ0) is 14.5. The van der Waals surface area contributed by atoms with Crippen LogP contribution in [0.4, 0.5) is 0 Å². The molecule has 0 N–H and O–H groups in total. The number of rotatable bonds is 4. The highest BCUT2D eigenvalue weighted by Crippen LogP contribution is 2.29. The Labute approximate surface area is 131 Å². The van der Waals surface area contributed by atoms with Crippen LogP contribution in [0.1, 0.15) is 5.56 Å². The first-order valence-electron chi connectivity index (χ1n) is 6.56. The normalized spacial score (nSPS) is 10.3. The molecule has 0 fully saturated rings. The number of ether oxygens (including phenoxy) is 1. The summed E-state index contributed by atoms with van der Waals surface area (Å²) >= 11 is 3.54. The molecule has 0 saturated heterocycles. The number of nitrogens with zero attached hydrogens (tertiary/aromatic N) is 2. The zero-order valence-electron chi connectivity index (χ0n) is 11.2. The highest BCUT2D eigenvalue weighted by Gasteiger charge is 2.06. The molecule has 0 amide bonds. The molecule has 104 valence electrons. The average molecular weight is 341 g/mol. The van der Waals surface area contributed by atoms with Crippen molar-refractivity contribution in [2.45, 2.75) is 6.61 Å². The van der Waals surface area contributed by atoms with Crippen molar-refractivity contribution in [3.8, 4) is 17.1 Å². The molecule has 0 unspecified atom stereocenters. The lowest BCUT2D eigenvalue weighted by Gasteiger charge is -2.09. The fraction of sp³-hybridized carbons (Fsp3) is 0.0588. The van der Waals surface area contributed by atoms with E-state index in [1.807, 2.05) is 48.5 Å². The van der Waals surface area contributed by atoms with Crippen LogP contribution < -0.4 is 4.74 Å². The van der Waals surface area contributed by atoms with E-state index in [0.29, 0.717) is 12.4 Å². The molecule has 0 aliphatic heterocycles. The van der Waals surface area contributed by atoms with Gasteiger partial charge >= 0.3 is 0 Å². The lowest BCUT2D eigenvalue weighted by atomic mass is 10.2. The minimum atomic E-state index is 0.542. The number of halogens is 1.